The van der Waals surface area contributed by atoms with Crippen molar-refractivity contribution >= 4 is 21.6 Å². The van der Waals surface area contributed by atoms with E-state index >= 15 is 0 Å². The van der Waals surface area contributed by atoms with Crippen LogP contribution in [-0.2, 0) is 14.8 Å². The number of nitrogens with zero attached hydrogens (tertiary/aromatic N) is 2. The van der Waals surface area contributed by atoms with Crippen molar-refractivity contribution in [1.82, 2.24) is 9.62 Å². The van der Waals surface area contributed by atoms with Gasteiger partial charge in [0, 0.05) is 31.9 Å². The van der Waals surface area contributed by atoms with Crippen LogP contribution in [0.3, 0.4) is 0 Å². The Hall–Kier alpha value is -2.38. The van der Waals surface area contributed by atoms with Crippen molar-refractivity contribution in [3.63, 3.8) is 0 Å². The minimum Gasteiger partial charge on any atom is -0.372 e. The summed E-state index contributed by atoms with van der Waals surface area (Å²) in [6.45, 7) is 6.80. The van der Waals surface area contributed by atoms with Gasteiger partial charge in [0.2, 0.25) is 15.9 Å². The van der Waals surface area contributed by atoms with Crippen molar-refractivity contribution in [1.29, 1.82) is 0 Å². The molecule has 2 atom stereocenters. The minimum absolute atomic E-state index is 0.0774. The number of amides is 1. The molecule has 178 valence electrons. The second kappa shape index (κ2) is 10.3. The zero-order valence-electron chi connectivity index (χ0n) is 19.7. The van der Waals surface area contributed by atoms with Gasteiger partial charge in [-0.3, -0.25) is 4.79 Å². The molecule has 2 heterocycles. The first kappa shape index (κ1) is 23.8. The highest BCUT2D eigenvalue weighted by Gasteiger charge is 2.33. The van der Waals surface area contributed by atoms with E-state index in [2.05, 4.69) is 34.5 Å². The van der Waals surface area contributed by atoms with Crippen molar-refractivity contribution in [2.24, 2.45) is 5.92 Å². The standard InChI is InChI=1S/C26H35N3O3S/c1-20-8-14-25(15-9-20)33(31,32)29-18-6-7-23(19-29)26(30)27-21(2)22-10-12-24(13-11-22)28-16-4-3-5-17-28/h8-15,21,23H,3-7,16-19H2,1-2H3,(H,27,30)/t21-,23-/m1/s1. The maximum absolute atomic E-state index is 13.1. The number of sulfonamides is 1. The number of rotatable bonds is 6. The van der Waals surface area contributed by atoms with E-state index in [1.807, 2.05) is 13.8 Å². The number of carbonyl (C=O) groups is 1. The number of piperidine rings is 2. The van der Waals surface area contributed by atoms with Gasteiger partial charge in [-0.05, 0) is 75.8 Å². The van der Waals surface area contributed by atoms with Crippen LogP contribution in [-0.4, -0.2) is 44.8 Å². The van der Waals surface area contributed by atoms with E-state index in [1.54, 1.807) is 24.3 Å². The lowest BCUT2D eigenvalue weighted by molar-refractivity contribution is -0.126. The van der Waals surface area contributed by atoms with Crippen molar-refractivity contribution in [2.75, 3.05) is 31.1 Å². The van der Waals surface area contributed by atoms with Gasteiger partial charge in [-0.25, -0.2) is 8.42 Å². The summed E-state index contributed by atoms with van der Waals surface area (Å²) < 4.78 is 27.6. The Kier molecular flexibility index (Phi) is 7.39. The zero-order valence-corrected chi connectivity index (χ0v) is 20.5. The predicted molar refractivity (Wildman–Crippen MR) is 132 cm³/mol. The van der Waals surface area contributed by atoms with Gasteiger partial charge in [0.25, 0.3) is 0 Å². The molecule has 0 spiro atoms. The van der Waals surface area contributed by atoms with Crippen LogP contribution < -0.4 is 10.2 Å². The molecule has 0 aliphatic carbocycles. The third kappa shape index (κ3) is 5.58. The SMILES string of the molecule is Cc1ccc(S(=O)(=O)N2CCC[C@@H](C(=O)N[C@H](C)c3ccc(N4CCCCC4)cc3)C2)cc1. The molecule has 2 saturated heterocycles. The van der Waals surface area contributed by atoms with Crippen LogP contribution in [0.5, 0.6) is 0 Å². The van der Waals surface area contributed by atoms with Crippen molar-refractivity contribution < 1.29 is 13.2 Å². The Bertz CT molecular complexity index is 1050. The Balaban J connectivity index is 1.37. The molecule has 2 aliphatic heterocycles. The van der Waals surface area contributed by atoms with E-state index < -0.39 is 10.0 Å². The fourth-order valence-corrected chi connectivity index (χ4v) is 6.30. The van der Waals surface area contributed by atoms with Crippen LogP contribution in [0.25, 0.3) is 0 Å². The van der Waals surface area contributed by atoms with Gasteiger partial charge in [-0.1, -0.05) is 29.8 Å². The molecule has 2 aromatic carbocycles. The Morgan fingerprint density at radius 1 is 0.939 bits per heavy atom. The Morgan fingerprint density at radius 3 is 2.27 bits per heavy atom. The van der Waals surface area contributed by atoms with Crippen LogP contribution in [0, 0.1) is 12.8 Å². The quantitative estimate of drug-likeness (QED) is 0.686. The molecule has 0 radical (unpaired) electrons. The molecule has 1 amide bonds. The molecule has 2 aromatic rings. The third-order valence-corrected chi connectivity index (χ3v) is 8.77. The molecule has 2 aliphatic rings. The highest BCUT2D eigenvalue weighted by molar-refractivity contribution is 7.89. The summed E-state index contributed by atoms with van der Waals surface area (Å²) in [5, 5.41) is 3.11. The summed E-state index contributed by atoms with van der Waals surface area (Å²) in [7, 11) is -3.59. The largest absolute Gasteiger partial charge is 0.372 e. The van der Waals surface area contributed by atoms with Crippen molar-refractivity contribution in [3.05, 3.63) is 59.7 Å². The fourth-order valence-electron chi connectivity index (χ4n) is 4.77. The average molecular weight is 470 g/mol. The van der Waals surface area contributed by atoms with Crippen LogP contribution in [0.4, 0.5) is 5.69 Å². The molecular formula is C26H35N3O3S. The van der Waals surface area contributed by atoms with E-state index in [9.17, 15) is 13.2 Å². The van der Waals surface area contributed by atoms with Gasteiger partial charge in [-0.15, -0.1) is 0 Å². The third-order valence-electron chi connectivity index (χ3n) is 6.89. The molecule has 4 rings (SSSR count). The van der Waals surface area contributed by atoms with E-state index in [-0.39, 0.29) is 29.3 Å². The predicted octanol–water partition coefficient (Wildman–Crippen LogP) is 4.26. The summed E-state index contributed by atoms with van der Waals surface area (Å²) in [5.41, 5.74) is 3.31. The molecule has 0 bridgehead atoms. The van der Waals surface area contributed by atoms with Gasteiger partial charge in [-0.2, -0.15) is 4.31 Å². The van der Waals surface area contributed by atoms with Crippen LogP contribution in [0.2, 0.25) is 0 Å². The van der Waals surface area contributed by atoms with Gasteiger partial charge in [0.15, 0.2) is 0 Å². The van der Waals surface area contributed by atoms with E-state index in [0.717, 1.165) is 24.2 Å². The number of carbonyl (C=O) groups excluding carboxylic acids is 1. The first-order valence-corrected chi connectivity index (χ1v) is 13.5. The van der Waals surface area contributed by atoms with E-state index in [0.29, 0.717) is 19.4 Å². The summed E-state index contributed by atoms with van der Waals surface area (Å²) in [6.07, 6.45) is 5.18. The highest BCUT2D eigenvalue weighted by Crippen LogP contribution is 2.26. The molecule has 6 nitrogen and oxygen atoms in total. The molecule has 1 N–H and O–H groups in total. The highest BCUT2D eigenvalue weighted by atomic mass is 32.2. The number of aryl methyl sites for hydroxylation is 1. The van der Waals surface area contributed by atoms with Gasteiger partial charge < -0.3 is 10.2 Å². The molecule has 7 heteroatoms. The van der Waals surface area contributed by atoms with Crippen LogP contribution in [0.1, 0.15) is 56.2 Å². The Morgan fingerprint density at radius 2 is 1.61 bits per heavy atom. The van der Waals surface area contributed by atoms with E-state index in [1.165, 1.54) is 29.3 Å². The zero-order chi connectivity index (χ0) is 23.4. The smallest absolute Gasteiger partial charge is 0.243 e. The average Bonchev–Trinajstić information content (AvgIpc) is 2.85. The number of hydrogen-bond donors (Lipinski definition) is 1. The molecule has 0 unspecified atom stereocenters. The Labute approximate surface area is 198 Å². The summed E-state index contributed by atoms with van der Waals surface area (Å²) >= 11 is 0. The summed E-state index contributed by atoms with van der Waals surface area (Å²) in [5.74, 6) is -0.416. The molecule has 33 heavy (non-hydrogen) atoms. The molecule has 0 saturated carbocycles. The monoisotopic (exact) mass is 469 g/mol. The lowest BCUT2D eigenvalue weighted by Crippen LogP contribution is -2.45. The lowest BCUT2D eigenvalue weighted by Gasteiger charge is -2.32. The fraction of sp³-hybridized carbons (Fsp3) is 0.500. The number of anilines is 1. The maximum atomic E-state index is 13.1. The van der Waals surface area contributed by atoms with Crippen molar-refractivity contribution in [3.8, 4) is 0 Å². The van der Waals surface area contributed by atoms with Crippen LogP contribution in [0.15, 0.2) is 53.4 Å². The lowest BCUT2D eigenvalue weighted by atomic mass is 9.97. The summed E-state index contributed by atoms with van der Waals surface area (Å²) in [6, 6.07) is 15.2. The van der Waals surface area contributed by atoms with Gasteiger partial charge >= 0.3 is 0 Å². The maximum Gasteiger partial charge on any atom is 0.243 e. The minimum atomic E-state index is -3.59. The van der Waals surface area contributed by atoms with Crippen LogP contribution >= 0.6 is 0 Å². The normalized spacial score (nSPS) is 20.9. The number of nitrogens with one attached hydrogen (secondary N) is 1. The van der Waals surface area contributed by atoms with Gasteiger partial charge in [0.1, 0.15) is 0 Å². The topological polar surface area (TPSA) is 69.7 Å². The summed E-state index contributed by atoms with van der Waals surface area (Å²) in [4.78, 5) is 15.7. The van der Waals surface area contributed by atoms with Gasteiger partial charge in [0.05, 0.1) is 16.9 Å². The molecule has 0 aromatic heterocycles. The first-order valence-electron chi connectivity index (χ1n) is 12.1. The number of benzene rings is 2. The van der Waals surface area contributed by atoms with E-state index in [4.69, 9.17) is 0 Å². The second-order valence-electron chi connectivity index (χ2n) is 9.38. The molecular weight excluding hydrogens is 434 g/mol. The molecule has 2 fully saturated rings. The first-order chi connectivity index (χ1) is 15.8. The second-order valence-corrected chi connectivity index (χ2v) is 11.3. The van der Waals surface area contributed by atoms with Crippen molar-refractivity contribution in [2.45, 2.75) is 56.9 Å². The number of hydrogen-bond acceptors (Lipinski definition) is 4.